The van der Waals surface area contributed by atoms with E-state index < -0.39 is 0 Å². The van der Waals surface area contributed by atoms with Crippen molar-refractivity contribution in [3.63, 3.8) is 0 Å². The molecule has 3 heteroatoms. The predicted octanol–water partition coefficient (Wildman–Crippen LogP) is 2.48. The first-order chi connectivity index (χ1) is 9.61. The maximum atomic E-state index is 9.16. The molecule has 1 aromatic carbocycles. The molecule has 1 aromatic rings. The van der Waals surface area contributed by atoms with Gasteiger partial charge in [0.25, 0.3) is 0 Å². The van der Waals surface area contributed by atoms with Crippen LogP contribution in [0.4, 0.5) is 0 Å². The van der Waals surface area contributed by atoms with Crippen LogP contribution in [0.15, 0.2) is 24.3 Å². The number of benzene rings is 1. The number of nitrogens with two attached hydrogens (primary N) is 1. The molecule has 3 N–H and O–H groups in total. The quantitative estimate of drug-likeness (QED) is 0.868. The van der Waals surface area contributed by atoms with Crippen molar-refractivity contribution in [1.29, 1.82) is 0 Å². The molecule has 1 aliphatic heterocycles. The first-order valence-electron chi connectivity index (χ1n) is 7.79. The summed E-state index contributed by atoms with van der Waals surface area (Å²) in [5, 5.41) is 9.16. The van der Waals surface area contributed by atoms with Gasteiger partial charge < -0.3 is 10.8 Å². The highest BCUT2D eigenvalue weighted by molar-refractivity contribution is 5.26. The predicted molar refractivity (Wildman–Crippen MR) is 83.6 cm³/mol. The molecule has 0 spiro atoms. The standard InChI is InChI=1S/C17H28N2O/c1-13-5-3-7-16(11-13)17(14(2)18)19-9-4-6-15(12-19)8-10-20/h3,5,7,11,14-15,17,20H,4,6,8-10,12,18H2,1-2H3. The Labute approximate surface area is 122 Å². The Kier molecular flexibility index (Phi) is 5.58. The number of piperidine rings is 1. The summed E-state index contributed by atoms with van der Waals surface area (Å²) >= 11 is 0. The van der Waals surface area contributed by atoms with Gasteiger partial charge in [0, 0.05) is 25.2 Å². The average Bonchev–Trinajstić information content (AvgIpc) is 2.39. The molecule has 1 aliphatic rings. The highest BCUT2D eigenvalue weighted by Crippen LogP contribution is 2.30. The molecule has 2 rings (SSSR count). The fourth-order valence-corrected chi connectivity index (χ4v) is 3.47. The third kappa shape index (κ3) is 3.81. The van der Waals surface area contributed by atoms with E-state index in [4.69, 9.17) is 10.8 Å². The molecule has 20 heavy (non-hydrogen) atoms. The third-order valence-corrected chi connectivity index (χ3v) is 4.36. The largest absolute Gasteiger partial charge is 0.396 e. The number of hydrogen-bond donors (Lipinski definition) is 2. The minimum Gasteiger partial charge on any atom is -0.396 e. The molecular weight excluding hydrogens is 248 g/mol. The van der Waals surface area contributed by atoms with Crippen LogP contribution in [0.5, 0.6) is 0 Å². The summed E-state index contributed by atoms with van der Waals surface area (Å²) in [6, 6.07) is 9.10. The van der Waals surface area contributed by atoms with E-state index in [9.17, 15) is 0 Å². The monoisotopic (exact) mass is 276 g/mol. The SMILES string of the molecule is Cc1cccc(C(C(C)N)N2CCCC(CCO)C2)c1. The van der Waals surface area contributed by atoms with Crippen LogP contribution in [0.2, 0.25) is 0 Å². The summed E-state index contributed by atoms with van der Waals surface area (Å²) in [4.78, 5) is 2.52. The highest BCUT2D eigenvalue weighted by atomic mass is 16.3. The van der Waals surface area contributed by atoms with Crippen LogP contribution in [0.3, 0.4) is 0 Å². The smallest absolute Gasteiger partial charge is 0.0496 e. The first kappa shape index (κ1) is 15.5. The van der Waals surface area contributed by atoms with Gasteiger partial charge in [0.05, 0.1) is 0 Å². The van der Waals surface area contributed by atoms with Crippen molar-refractivity contribution in [1.82, 2.24) is 4.90 Å². The summed E-state index contributed by atoms with van der Waals surface area (Å²) < 4.78 is 0. The van der Waals surface area contributed by atoms with Crippen LogP contribution in [0.25, 0.3) is 0 Å². The van der Waals surface area contributed by atoms with E-state index in [1.807, 2.05) is 0 Å². The van der Waals surface area contributed by atoms with Gasteiger partial charge in [-0.2, -0.15) is 0 Å². The van der Waals surface area contributed by atoms with E-state index in [-0.39, 0.29) is 12.1 Å². The van der Waals surface area contributed by atoms with E-state index in [1.54, 1.807) is 0 Å². The van der Waals surface area contributed by atoms with Crippen molar-refractivity contribution in [2.45, 2.75) is 45.2 Å². The number of likely N-dealkylation sites (tertiary alicyclic amines) is 1. The molecule has 112 valence electrons. The molecule has 0 saturated carbocycles. The fraction of sp³-hybridized carbons (Fsp3) is 0.647. The molecule has 3 nitrogen and oxygen atoms in total. The maximum absolute atomic E-state index is 9.16. The minimum absolute atomic E-state index is 0.115. The summed E-state index contributed by atoms with van der Waals surface area (Å²) in [5.41, 5.74) is 8.89. The van der Waals surface area contributed by atoms with Crippen LogP contribution >= 0.6 is 0 Å². The molecule has 0 amide bonds. The molecule has 1 heterocycles. The van der Waals surface area contributed by atoms with Crippen molar-refractivity contribution in [2.24, 2.45) is 11.7 Å². The number of rotatable bonds is 5. The Morgan fingerprint density at radius 3 is 2.90 bits per heavy atom. The lowest BCUT2D eigenvalue weighted by atomic mass is 9.90. The molecule has 0 aromatic heterocycles. The van der Waals surface area contributed by atoms with Crippen molar-refractivity contribution < 1.29 is 5.11 Å². The Morgan fingerprint density at radius 1 is 1.45 bits per heavy atom. The second-order valence-electron chi connectivity index (χ2n) is 6.23. The lowest BCUT2D eigenvalue weighted by Gasteiger charge is -2.40. The second-order valence-corrected chi connectivity index (χ2v) is 6.23. The maximum Gasteiger partial charge on any atom is 0.0496 e. The molecule has 3 unspecified atom stereocenters. The van der Waals surface area contributed by atoms with Gasteiger partial charge in [0.1, 0.15) is 0 Å². The number of nitrogens with zero attached hydrogens (tertiary/aromatic N) is 1. The first-order valence-corrected chi connectivity index (χ1v) is 7.79. The van der Waals surface area contributed by atoms with Gasteiger partial charge in [-0.25, -0.2) is 0 Å². The molecular formula is C17H28N2O. The zero-order valence-corrected chi connectivity index (χ0v) is 12.8. The number of aliphatic hydroxyl groups excluding tert-OH is 1. The van der Waals surface area contributed by atoms with Crippen LogP contribution in [-0.4, -0.2) is 35.7 Å². The van der Waals surface area contributed by atoms with E-state index in [0.717, 1.165) is 19.5 Å². The Hall–Kier alpha value is -0.900. The van der Waals surface area contributed by atoms with Crippen molar-refractivity contribution >= 4 is 0 Å². The normalized spacial score (nSPS) is 23.5. The molecule has 1 saturated heterocycles. The van der Waals surface area contributed by atoms with Gasteiger partial charge in [0.2, 0.25) is 0 Å². The van der Waals surface area contributed by atoms with Crippen molar-refractivity contribution in [3.8, 4) is 0 Å². The molecule has 0 bridgehead atoms. The summed E-state index contributed by atoms with van der Waals surface area (Å²) in [5.74, 6) is 0.611. The van der Waals surface area contributed by atoms with Crippen LogP contribution in [-0.2, 0) is 0 Å². The zero-order valence-electron chi connectivity index (χ0n) is 12.8. The average molecular weight is 276 g/mol. The third-order valence-electron chi connectivity index (χ3n) is 4.36. The van der Waals surface area contributed by atoms with E-state index >= 15 is 0 Å². The number of aryl methyl sites for hydroxylation is 1. The Bertz CT molecular complexity index is 417. The fourth-order valence-electron chi connectivity index (χ4n) is 3.47. The Balaban J connectivity index is 2.16. The van der Waals surface area contributed by atoms with Gasteiger partial charge >= 0.3 is 0 Å². The zero-order chi connectivity index (χ0) is 14.5. The summed E-state index contributed by atoms with van der Waals surface area (Å²) in [7, 11) is 0. The molecule has 3 atom stereocenters. The topological polar surface area (TPSA) is 49.5 Å². The van der Waals surface area contributed by atoms with E-state index in [0.29, 0.717) is 12.5 Å². The number of hydrogen-bond acceptors (Lipinski definition) is 3. The molecule has 1 fully saturated rings. The van der Waals surface area contributed by atoms with Gasteiger partial charge in [-0.05, 0) is 51.1 Å². The molecule has 0 radical (unpaired) electrons. The summed E-state index contributed by atoms with van der Waals surface area (Å²) in [6.07, 6.45) is 3.35. The van der Waals surface area contributed by atoms with E-state index in [2.05, 4.69) is 43.0 Å². The van der Waals surface area contributed by atoms with E-state index in [1.165, 1.54) is 24.0 Å². The molecule has 0 aliphatic carbocycles. The van der Waals surface area contributed by atoms with Gasteiger partial charge in [0.15, 0.2) is 0 Å². The highest BCUT2D eigenvalue weighted by Gasteiger charge is 2.28. The summed E-state index contributed by atoms with van der Waals surface area (Å²) in [6.45, 7) is 6.70. The second kappa shape index (κ2) is 7.21. The van der Waals surface area contributed by atoms with Crippen molar-refractivity contribution in [2.75, 3.05) is 19.7 Å². The lowest BCUT2D eigenvalue weighted by molar-refractivity contribution is 0.0967. The number of aliphatic hydroxyl groups is 1. The van der Waals surface area contributed by atoms with Crippen LogP contribution < -0.4 is 5.73 Å². The minimum atomic E-state index is 0.115. The van der Waals surface area contributed by atoms with Gasteiger partial charge in [-0.3, -0.25) is 4.90 Å². The van der Waals surface area contributed by atoms with Gasteiger partial charge in [-0.15, -0.1) is 0 Å². The Morgan fingerprint density at radius 2 is 2.25 bits per heavy atom. The lowest BCUT2D eigenvalue weighted by Crippen LogP contribution is -2.44. The van der Waals surface area contributed by atoms with Gasteiger partial charge in [-0.1, -0.05) is 29.8 Å². The van der Waals surface area contributed by atoms with Crippen molar-refractivity contribution in [3.05, 3.63) is 35.4 Å². The van der Waals surface area contributed by atoms with Crippen LogP contribution in [0.1, 0.15) is 43.4 Å². The van der Waals surface area contributed by atoms with Crippen LogP contribution in [0, 0.1) is 12.8 Å².